The molecule has 0 aromatic carbocycles. The van der Waals surface area contributed by atoms with Gasteiger partial charge in [-0.3, -0.25) is 4.90 Å². The second-order valence-corrected chi connectivity index (χ2v) is 7.45. The van der Waals surface area contributed by atoms with Gasteiger partial charge in [0.25, 0.3) is 0 Å². The zero-order valence-electron chi connectivity index (χ0n) is 15.3. The molecule has 1 amide bonds. The van der Waals surface area contributed by atoms with Crippen LogP contribution >= 0.6 is 11.6 Å². The van der Waals surface area contributed by atoms with E-state index >= 15 is 0 Å². The van der Waals surface area contributed by atoms with Gasteiger partial charge >= 0.3 is 6.09 Å². The first-order valence-electron chi connectivity index (χ1n) is 8.35. The van der Waals surface area contributed by atoms with Crippen molar-refractivity contribution in [2.45, 2.75) is 45.3 Å². The van der Waals surface area contributed by atoms with Crippen molar-refractivity contribution >= 4 is 23.4 Å². The summed E-state index contributed by atoms with van der Waals surface area (Å²) in [4.78, 5) is 17.9. The Morgan fingerprint density at radius 3 is 2.81 bits per heavy atom. The van der Waals surface area contributed by atoms with E-state index in [0.717, 1.165) is 12.8 Å². The number of carbonyl (C=O) groups excluding carboxylic acids is 1. The summed E-state index contributed by atoms with van der Waals surface area (Å²) in [7, 11) is 0. The first-order valence-corrected chi connectivity index (χ1v) is 8.73. The fraction of sp³-hybridized carbons (Fsp3) is 0.444. The molecular weight excluding hydrogens is 356 g/mol. The number of hydrogen-bond acceptors (Lipinski definition) is 6. The van der Waals surface area contributed by atoms with E-state index in [1.807, 2.05) is 20.8 Å². The Bertz CT molecular complexity index is 728. The van der Waals surface area contributed by atoms with E-state index in [1.165, 1.54) is 6.20 Å². The predicted molar refractivity (Wildman–Crippen MR) is 101 cm³/mol. The van der Waals surface area contributed by atoms with Crippen molar-refractivity contribution in [2.24, 2.45) is 5.73 Å². The third-order valence-electron chi connectivity index (χ3n) is 3.88. The number of nitrogens with zero attached hydrogens (tertiary/aromatic N) is 2. The maximum absolute atomic E-state index is 12.4. The first kappa shape index (κ1) is 19.9. The van der Waals surface area contributed by atoms with Crippen LogP contribution < -0.4 is 11.1 Å². The van der Waals surface area contributed by atoms with Gasteiger partial charge in [-0.1, -0.05) is 18.2 Å². The van der Waals surface area contributed by atoms with Gasteiger partial charge in [-0.15, -0.1) is 0 Å². The highest BCUT2D eigenvalue weighted by Crippen LogP contribution is 2.28. The highest BCUT2D eigenvalue weighted by Gasteiger charge is 2.34. The Morgan fingerprint density at radius 1 is 1.54 bits per heavy atom. The lowest BCUT2D eigenvalue weighted by Gasteiger charge is -2.30. The minimum atomic E-state index is -0.567. The van der Waals surface area contributed by atoms with Gasteiger partial charge in [0.1, 0.15) is 10.8 Å². The van der Waals surface area contributed by atoms with Crippen molar-refractivity contribution in [3.63, 3.8) is 0 Å². The summed E-state index contributed by atoms with van der Waals surface area (Å²) in [5.74, 6) is -0.245. The first-order chi connectivity index (χ1) is 12.1. The quantitative estimate of drug-likeness (QED) is 0.693. The maximum Gasteiger partial charge on any atom is 0.410 e. The average Bonchev–Trinajstić information content (AvgIpc) is 3.01. The summed E-state index contributed by atoms with van der Waals surface area (Å²) in [6, 6.07) is 2.92. The van der Waals surface area contributed by atoms with Gasteiger partial charge in [-0.05, 0) is 45.7 Å². The molecule has 0 unspecified atom stereocenters. The van der Waals surface area contributed by atoms with Gasteiger partial charge < -0.3 is 20.9 Å². The van der Waals surface area contributed by atoms with Crippen LogP contribution in [0.1, 0.15) is 39.2 Å². The summed E-state index contributed by atoms with van der Waals surface area (Å²) in [6.45, 7) is 10.1. The van der Waals surface area contributed by atoms with Gasteiger partial charge in [0.15, 0.2) is 0 Å². The summed E-state index contributed by atoms with van der Waals surface area (Å²) < 4.78 is 5.46. The molecule has 7 nitrogen and oxygen atoms in total. The second-order valence-electron chi connectivity index (χ2n) is 7.07. The largest absolute Gasteiger partial charge is 0.493 e. The number of nitrogens with one attached hydrogen (secondary N) is 1. The molecule has 1 aliphatic heterocycles. The number of halogens is 1. The van der Waals surface area contributed by atoms with Crippen LogP contribution in [0.15, 0.2) is 30.6 Å². The van der Waals surface area contributed by atoms with Gasteiger partial charge in [0, 0.05) is 18.4 Å². The van der Waals surface area contributed by atoms with Crippen LogP contribution in [-0.4, -0.2) is 39.3 Å². The molecule has 1 aliphatic rings. The van der Waals surface area contributed by atoms with E-state index < -0.39 is 5.60 Å². The van der Waals surface area contributed by atoms with Crippen LogP contribution in [-0.2, 0) is 4.74 Å². The van der Waals surface area contributed by atoms with Gasteiger partial charge in [0.2, 0.25) is 5.88 Å². The van der Waals surface area contributed by atoms with Crippen molar-refractivity contribution < 1.29 is 14.6 Å². The van der Waals surface area contributed by atoms with E-state index in [-0.39, 0.29) is 23.2 Å². The number of aromatic nitrogens is 1. The molecular formula is C18H25ClN4O3. The molecule has 0 bridgehead atoms. The topological polar surface area (TPSA) is 101 Å². The summed E-state index contributed by atoms with van der Waals surface area (Å²) >= 11 is 5.76. The summed E-state index contributed by atoms with van der Waals surface area (Å²) in [5.41, 5.74) is 6.52. The van der Waals surface area contributed by atoms with Crippen LogP contribution in [0.4, 0.5) is 4.79 Å². The van der Waals surface area contributed by atoms with Crippen molar-refractivity contribution in [1.82, 2.24) is 15.2 Å². The molecule has 26 heavy (non-hydrogen) atoms. The third-order valence-corrected chi connectivity index (χ3v) is 4.09. The monoisotopic (exact) mass is 380 g/mol. The Kier molecular flexibility index (Phi) is 6.02. The smallest absolute Gasteiger partial charge is 0.410 e. The molecule has 2 rings (SSSR count). The van der Waals surface area contributed by atoms with Crippen molar-refractivity contribution in [3.05, 3.63) is 41.3 Å². The van der Waals surface area contributed by atoms with Crippen LogP contribution in [0.25, 0.3) is 5.70 Å². The lowest BCUT2D eigenvalue weighted by molar-refractivity contribution is 0.0246. The third kappa shape index (κ3) is 4.82. The van der Waals surface area contributed by atoms with Crippen molar-refractivity contribution in [2.75, 3.05) is 6.54 Å². The zero-order chi connectivity index (χ0) is 19.5. The zero-order valence-corrected chi connectivity index (χ0v) is 16.0. The highest BCUT2D eigenvalue weighted by molar-refractivity contribution is 6.29. The number of ether oxygens (including phenoxy) is 1. The number of likely N-dealkylation sites (tertiary alicyclic amines) is 1. The molecule has 4 N–H and O–H groups in total. The van der Waals surface area contributed by atoms with E-state index in [9.17, 15) is 9.90 Å². The molecule has 0 radical (unpaired) electrons. The fourth-order valence-corrected chi connectivity index (χ4v) is 2.90. The molecule has 1 fully saturated rings. The molecule has 1 atom stereocenters. The molecule has 8 heteroatoms. The summed E-state index contributed by atoms with van der Waals surface area (Å²) in [5, 5.41) is 13.2. The second kappa shape index (κ2) is 7.86. The molecule has 0 spiro atoms. The predicted octanol–water partition coefficient (Wildman–Crippen LogP) is 3.20. The number of rotatable bonds is 4. The van der Waals surface area contributed by atoms with Crippen LogP contribution in [0.2, 0.25) is 5.15 Å². The van der Waals surface area contributed by atoms with Gasteiger partial charge in [-0.25, -0.2) is 9.78 Å². The Labute approximate surface area is 158 Å². The van der Waals surface area contributed by atoms with Gasteiger partial charge in [-0.2, -0.15) is 0 Å². The van der Waals surface area contributed by atoms with E-state index in [1.54, 1.807) is 17.0 Å². The Hall–Kier alpha value is -2.41. The minimum Gasteiger partial charge on any atom is -0.493 e. The van der Waals surface area contributed by atoms with E-state index in [4.69, 9.17) is 22.1 Å². The highest BCUT2D eigenvalue weighted by atomic mass is 35.5. The number of amides is 1. The van der Waals surface area contributed by atoms with E-state index in [2.05, 4.69) is 16.9 Å². The molecule has 1 aromatic rings. The fourth-order valence-electron chi connectivity index (χ4n) is 2.76. The lowest BCUT2D eigenvalue weighted by atomic mass is 10.1. The molecule has 0 aliphatic carbocycles. The van der Waals surface area contributed by atoms with Crippen LogP contribution in [0.5, 0.6) is 5.88 Å². The number of hydrogen-bond donors (Lipinski definition) is 3. The molecule has 1 aromatic heterocycles. The minimum absolute atomic E-state index is 0.174. The molecule has 1 saturated heterocycles. The lowest BCUT2D eigenvalue weighted by Crippen LogP contribution is -2.42. The van der Waals surface area contributed by atoms with E-state index in [0.29, 0.717) is 23.5 Å². The van der Waals surface area contributed by atoms with Crippen LogP contribution in [0, 0.1) is 0 Å². The van der Waals surface area contributed by atoms with Crippen molar-refractivity contribution in [3.8, 4) is 5.88 Å². The Morgan fingerprint density at radius 2 is 2.23 bits per heavy atom. The SMILES string of the molecule is C=C(N/C(=C\N)c1ccc(Cl)nc1O)[C@@H]1CCCN1C(=O)OC(C)(C)C. The molecule has 0 saturated carbocycles. The summed E-state index contributed by atoms with van der Waals surface area (Å²) in [6.07, 6.45) is 2.54. The Balaban J connectivity index is 2.13. The number of nitrogens with two attached hydrogens (primary N) is 1. The number of aromatic hydroxyl groups is 1. The van der Waals surface area contributed by atoms with Crippen LogP contribution in [0.3, 0.4) is 0 Å². The molecule has 2 heterocycles. The number of carbonyl (C=O) groups is 1. The molecule has 142 valence electrons. The van der Waals surface area contributed by atoms with Gasteiger partial charge in [0.05, 0.1) is 17.3 Å². The standard InChI is InChI=1S/C18H25ClN4O3/c1-11(14-6-5-9-23(14)17(25)26-18(2,3)4)21-13(10-20)12-7-8-15(19)22-16(12)24/h7-8,10,14,21H,1,5-6,9,20H2,2-4H3,(H,22,24)/b13-10-/t14-/m0/s1. The maximum atomic E-state index is 12.4. The number of pyridine rings is 1. The normalized spacial score (nSPS) is 17.9. The average molecular weight is 381 g/mol. The van der Waals surface area contributed by atoms with Crippen molar-refractivity contribution in [1.29, 1.82) is 0 Å².